The van der Waals surface area contributed by atoms with E-state index in [0.717, 1.165) is 88.4 Å². The lowest BCUT2D eigenvalue weighted by atomic mass is 10.1. The third-order valence-electron chi connectivity index (χ3n) is 12.6. The summed E-state index contributed by atoms with van der Waals surface area (Å²) in [5, 5.41) is 20.7. The van der Waals surface area contributed by atoms with Gasteiger partial charge in [0.05, 0.1) is 55.5 Å². The molecule has 4 aromatic heterocycles. The van der Waals surface area contributed by atoms with Gasteiger partial charge in [0.15, 0.2) is 0 Å². The maximum Gasteiger partial charge on any atom is 0.104 e. The Kier molecular flexibility index (Phi) is 6.73. The SMILES string of the molecule is N#Cc1c(-n2c3ccccc3c3cc4c(cc32)c2ccccc2n4-c2ccccc2)cccc1-n1c2ccccc2c2cc3c(cc21)c1ccccc1n3-c1ccccc1. The normalized spacial score (nSPS) is 12.0. The Morgan fingerprint density at radius 2 is 0.567 bits per heavy atom. The molecule has 0 aliphatic carbocycles. The highest BCUT2D eigenvalue weighted by molar-refractivity contribution is 6.21. The summed E-state index contributed by atoms with van der Waals surface area (Å²) < 4.78 is 9.35. The van der Waals surface area contributed by atoms with Crippen molar-refractivity contribution in [3.63, 3.8) is 0 Å². The smallest absolute Gasteiger partial charge is 0.104 e. The van der Waals surface area contributed by atoms with Crippen LogP contribution in [0.25, 0.3) is 110 Å². The second-order valence-corrected chi connectivity index (χ2v) is 15.6. The van der Waals surface area contributed by atoms with Gasteiger partial charge in [0.2, 0.25) is 0 Å². The molecule has 278 valence electrons. The molecule has 4 heterocycles. The highest BCUT2D eigenvalue weighted by atomic mass is 15.0. The lowest BCUT2D eigenvalue weighted by Crippen LogP contribution is -2.04. The number of hydrogen-bond donors (Lipinski definition) is 0. The molecule has 0 amide bonds. The Morgan fingerprint density at radius 3 is 0.917 bits per heavy atom. The molecule has 0 saturated carbocycles. The average Bonchev–Trinajstić information content (AvgIpc) is 4.02. The zero-order valence-electron chi connectivity index (χ0n) is 32.3. The van der Waals surface area contributed by atoms with Crippen molar-refractivity contribution in [2.24, 2.45) is 0 Å². The van der Waals surface area contributed by atoms with E-state index in [1.165, 1.54) is 21.5 Å². The lowest BCUT2D eigenvalue weighted by molar-refractivity contribution is 1.12. The molecule has 5 heteroatoms. The Hall–Kier alpha value is -8.33. The van der Waals surface area contributed by atoms with E-state index >= 15 is 0 Å². The lowest BCUT2D eigenvalue weighted by Gasteiger charge is -2.16. The van der Waals surface area contributed by atoms with Gasteiger partial charge in [-0.1, -0.05) is 115 Å². The van der Waals surface area contributed by atoms with Crippen molar-refractivity contribution in [3.05, 3.63) is 206 Å². The van der Waals surface area contributed by atoms with Gasteiger partial charge in [0, 0.05) is 54.5 Å². The van der Waals surface area contributed by atoms with Gasteiger partial charge in [-0.15, -0.1) is 0 Å². The van der Waals surface area contributed by atoms with Crippen molar-refractivity contribution in [1.29, 1.82) is 5.26 Å². The fraction of sp³-hybridized carbons (Fsp3) is 0. The van der Waals surface area contributed by atoms with Crippen LogP contribution in [0.1, 0.15) is 5.56 Å². The van der Waals surface area contributed by atoms with Gasteiger partial charge in [-0.3, -0.25) is 0 Å². The molecule has 13 aromatic rings. The number of nitrogens with zero attached hydrogens (tertiary/aromatic N) is 5. The second-order valence-electron chi connectivity index (χ2n) is 15.6. The van der Waals surface area contributed by atoms with Crippen LogP contribution in [0, 0.1) is 11.3 Å². The molecule has 0 bridgehead atoms. The van der Waals surface area contributed by atoms with E-state index < -0.39 is 0 Å². The van der Waals surface area contributed by atoms with E-state index in [9.17, 15) is 5.26 Å². The minimum atomic E-state index is 0.612. The van der Waals surface area contributed by atoms with Gasteiger partial charge in [-0.05, 0) is 84.9 Å². The fourth-order valence-electron chi connectivity index (χ4n) is 10.1. The molecule has 60 heavy (non-hydrogen) atoms. The molecule has 0 fully saturated rings. The summed E-state index contributed by atoms with van der Waals surface area (Å²) >= 11 is 0. The standard InChI is InChI=1S/C55H33N5/c56-34-45-50(59-48-26-13-9-22-39(48)43-30-52-41(32-54(43)59)37-20-7-11-24-46(37)57(52)35-16-3-1-4-17-35)28-15-29-51(45)60-49-27-14-10-23-40(49)44-31-53-42(33-55(44)60)38-21-8-12-25-47(38)58(53)36-18-5-2-6-19-36/h1-33H. The number of aromatic nitrogens is 4. The van der Waals surface area contributed by atoms with Gasteiger partial charge in [-0.25, -0.2) is 0 Å². The minimum Gasteiger partial charge on any atom is -0.309 e. The summed E-state index contributed by atoms with van der Waals surface area (Å²) in [5.41, 5.74) is 13.4. The Morgan fingerprint density at radius 1 is 0.267 bits per heavy atom. The van der Waals surface area contributed by atoms with Crippen molar-refractivity contribution in [2.45, 2.75) is 0 Å². The van der Waals surface area contributed by atoms with Crippen molar-refractivity contribution in [1.82, 2.24) is 18.3 Å². The van der Waals surface area contributed by atoms with E-state index in [-0.39, 0.29) is 0 Å². The molecule has 0 spiro atoms. The number of para-hydroxylation sites is 6. The molecule has 0 unspecified atom stereocenters. The first-order valence-electron chi connectivity index (χ1n) is 20.3. The largest absolute Gasteiger partial charge is 0.309 e. The van der Waals surface area contributed by atoms with Crippen LogP contribution in [0.5, 0.6) is 0 Å². The molecule has 5 nitrogen and oxygen atoms in total. The molecule has 0 atom stereocenters. The first-order chi connectivity index (χ1) is 29.8. The molecule has 0 saturated heterocycles. The van der Waals surface area contributed by atoms with Crippen molar-refractivity contribution in [2.75, 3.05) is 0 Å². The predicted molar refractivity (Wildman–Crippen MR) is 249 cm³/mol. The van der Waals surface area contributed by atoms with Crippen molar-refractivity contribution >= 4 is 87.2 Å². The summed E-state index contributed by atoms with van der Waals surface area (Å²) in [7, 11) is 0. The van der Waals surface area contributed by atoms with Gasteiger partial charge < -0.3 is 18.3 Å². The molecular formula is C55H33N5. The van der Waals surface area contributed by atoms with Gasteiger partial charge in [0.25, 0.3) is 0 Å². The first kappa shape index (κ1) is 32.7. The molecule has 9 aromatic carbocycles. The summed E-state index contributed by atoms with van der Waals surface area (Å²) in [5.74, 6) is 0. The molecule has 0 N–H and O–H groups in total. The van der Waals surface area contributed by atoms with Crippen molar-refractivity contribution < 1.29 is 0 Å². The van der Waals surface area contributed by atoms with Crippen molar-refractivity contribution in [3.8, 4) is 28.8 Å². The van der Waals surface area contributed by atoms with Crippen LogP contribution in [-0.2, 0) is 0 Å². The van der Waals surface area contributed by atoms with E-state index in [0.29, 0.717) is 5.56 Å². The first-order valence-corrected chi connectivity index (χ1v) is 20.3. The van der Waals surface area contributed by atoms with Crippen LogP contribution in [-0.4, -0.2) is 18.3 Å². The third kappa shape index (κ3) is 4.39. The summed E-state index contributed by atoms with van der Waals surface area (Å²) in [6.07, 6.45) is 0. The van der Waals surface area contributed by atoms with Crippen LogP contribution in [0.4, 0.5) is 0 Å². The number of hydrogen-bond acceptors (Lipinski definition) is 1. The molecule has 13 rings (SSSR count). The second kappa shape index (κ2) is 12.3. The summed E-state index contributed by atoms with van der Waals surface area (Å²) in [6, 6.07) is 74.1. The fourth-order valence-corrected chi connectivity index (χ4v) is 10.1. The highest BCUT2D eigenvalue weighted by Gasteiger charge is 2.24. The molecular weight excluding hydrogens is 731 g/mol. The minimum absolute atomic E-state index is 0.612. The molecule has 0 radical (unpaired) electrons. The summed E-state index contributed by atoms with van der Waals surface area (Å²) in [6.45, 7) is 0. The third-order valence-corrected chi connectivity index (χ3v) is 12.6. The van der Waals surface area contributed by atoms with E-state index in [2.05, 4.69) is 225 Å². The number of fused-ring (bicyclic) bond motifs is 12. The number of nitriles is 1. The Balaban J connectivity index is 1.12. The highest BCUT2D eigenvalue weighted by Crippen LogP contribution is 2.43. The monoisotopic (exact) mass is 763 g/mol. The molecule has 0 aliphatic heterocycles. The zero-order chi connectivity index (χ0) is 39.5. The quantitative estimate of drug-likeness (QED) is 0.176. The number of benzene rings is 9. The Labute approximate surface area is 344 Å². The van der Waals surface area contributed by atoms with Crippen LogP contribution in [0.15, 0.2) is 200 Å². The van der Waals surface area contributed by atoms with Crippen LogP contribution in [0.3, 0.4) is 0 Å². The number of rotatable bonds is 4. The van der Waals surface area contributed by atoms with E-state index in [1.54, 1.807) is 0 Å². The molecule has 0 aliphatic rings. The van der Waals surface area contributed by atoms with E-state index in [1.807, 2.05) is 0 Å². The zero-order valence-corrected chi connectivity index (χ0v) is 32.3. The maximum absolute atomic E-state index is 11.4. The summed E-state index contributed by atoms with van der Waals surface area (Å²) in [4.78, 5) is 0. The van der Waals surface area contributed by atoms with Crippen LogP contribution < -0.4 is 0 Å². The van der Waals surface area contributed by atoms with Gasteiger partial charge >= 0.3 is 0 Å². The van der Waals surface area contributed by atoms with Gasteiger partial charge in [0.1, 0.15) is 11.6 Å². The average molecular weight is 764 g/mol. The maximum atomic E-state index is 11.4. The van der Waals surface area contributed by atoms with E-state index in [4.69, 9.17) is 0 Å². The van der Waals surface area contributed by atoms with Gasteiger partial charge in [-0.2, -0.15) is 5.26 Å². The topological polar surface area (TPSA) is 43.5 Å². The predicted octanol–water partition coefficient (Wildman–Crippen LogP) is 13.9. The Bertz CT molecular complexity index is 3700. The van der Waals surface area contributed by atoms with Crippen LogP contribution >= 0.6 is 0 Å². The van der Waals surface area contributed by atoms with Crippen LogP contribution in [0.2, 0.25) is 0 Å².